The number of piperazine rings is 1. The number of benzene rings is 1. The van der Waals surface area contributed by atoms with Crippen molar-refractivity contribution in [1.29, 1.82) is 0 Å². The Morgan fingerprint density at radius 1 is 1.29 bits per heavy atom. The molecule has 1 saturated heterocycles. The number of methoxy groups -OCH3 is 1. The van der Waals surface area contributed by atoms with Crippen LogP contribution in [-0.4, -0.2) is 55.6 Å². The first-order valence-corrected chi connectivity index (χ1v) is 7.42. The number of carbonyl (C=O) groups is 1. The number of ether oxygens (including phenoxy) is 1. The van der Waals surface area contributed by atoms with Crippen molar-refractivity contribution in [3.05, 3.63) is 34.6 Å². The van der Waals surface area contributed by atoms with E-state index in [4.69, 9.17) is 11.6 Å². The number of hydrogen-bond donors (Lipinski definition) is 0. The minimum atomic E-state index is -0.254. The first-order valence-electron chi connectivity index (χ1n) is 7.04. The lowest BCUT2D eigenvalue weighted by molar-refractivity contribution is -0.141. The van der Waals surface area contributed by atoms with Crippen LogP contribution in [0.3, 0.4) is 0 Å². The smallest absolute Gasteiger partial charge is 0.306 e. The van der Waals surface area contributed by atoms with Gasteiger partial charge >= 0.3 is 5.97 Å². The minimum absolute atomic E-state index is 0.185. The highest BCUT2D eigenvalue weighted by atomic mass is 35.5. The van der Waals surface area contributed by atoms with Gasteiger partial charge in [-0.15, -0.1) is 0 Å². The van der Waals surface area contributed by atoms with Crippen LogP contribution in [0.5, 0.6) is 0 Å². The molecule has 1 aromatic carbocycles. The van der Waals surface area contributed by atoms with Crippen molar-refractivity contribution in [1.82, 2.24) is 9.80 Å². The van der Waals surface area contributed by atoms with E-state index in [9.17, 15) is 9.18 Å². The highest BCUT2D eigenvalue weighted by Gasteiger charge is 2.19. The Morgan fingerprint density at radius 2 is 1.95 bits per heavy atom. The molecule has 4 nitrogen and oxygen atoms in total. The molecule has 0 saturated carbocycles. The van der Waals surface area contributed by atoms with Crippen LogP contribution in [0.2, 0.25) is 5.02 Å². The van der Waals surface area contributed by atoms with E-state index in [1.165, 1.54) is 13.2 Å². The van der Waals surface area contributed by atoms with Crippen molar-refractivity contribution in [3.8, 4) is 0 Å². The first kappa shape index (κ1) is 16.2. The van der Waals surface area contributed by atoms with Gasteiger partial charge in [0.25, 0.3) is 0 Å². The van der Waals surface area contributed by atoms with Gasteiger partial charge in [0.1, 0.15) is 5.82 Å². The van der Waals surface area contributed by atoms with E-state index in [1.54, 1.807) is 12.1 Å². The van der Waals surface area contributed by atoms with Gasteiger partial charge in [-0.3, -0.25) is 9.69 Å². The van der Waals surface area contributed by atoms with Crippen molar-refractivity contribution in [2.45, 2.75) is 13.0 Å². The second-order valence-electron chi connectivity index (χ2n) is 5.14. The molecule has 1 fully saturated rings. The Bertz CT molecular complexity index is 470. The molecule has 0 spiro atoms. The van der Waals surface area contributed by atoms with Crippen LogP contribution in [0.1, 0.15) is 12.0 Å². The molecule has 2 rings (SSSR count). The number of carbonyl (C=O) groups excluding carboxylic acids is 1. The third-order valence-electron chi connectivity index (χ3n) is 3.77. The molecular formula is C15H20ClFN2O2. The summed E-state index contributed by atoms with van der Waals surface area (Å²) >= 11 is 6.05. The van der Waals surface area contributed by atoms with Crippen molar-refractivity contribution in [2.24, 2.45) is 0 Å². The average molecular weight is 315 g/mol. The lowest BCUT2D eigenvalue weighted by Gasteiger charge is -2.34. The second-order valence-corrected chi connectivity index (χ2v) is 5.55. The molecule has 116 valence electrons. The van der Waals surface area contributed by atoms with E-state index in [-0.39, 0.29) is 11.8 Å². The second kappa shape index (κ2) is 7.73. The van der Waals surface area contributed by atoms with Gasteiger partial charge in [-0.2, -0.15) is 0 Å². The van der Waals surface area contributed by atoms with Crippen molar-refractivity contribution in [2.75, 3.05) is 39.8 Å². The van der Waals surface area contributed by atoms with E-state index in [1.807, 2.05) is 0 Å². The zero-order valence-corrected chi connectivity index (χ0v) is 12.9. The molecule has 0 atom stereocenters. The molecule has 0 radical (unpaired) electrons. The average Bonchev–Trinajstić information content (AvgIpc) is 2.50. The van der Waals surface area contributed by atoms with E-state index in [0.29, 0.717) is 30.1 Å². The summed E-state index contributed by atoms with van der Waals surface area (Å²) < 4.78 is 18.4. The van der Waals surface area contributed by atoms with Gasteiger partial charge in [0.15, 0.2) is 0 Å². The van der Waals surface area contributed by atoms with Crippen molar-refractivity contribution < 1.29 is 13.9 Å². The largest absolute Gasteiger partial charge is 0.469 e. The SMILES string of the molecule is COC(=O)CCN1CCN(Cc2c(F)cccc2Cl)CC1. The van der Waals surface area contributed by atoms with Gasteiger partial charge in [0, 0.05) is 49.9 Å². The van der Waals surface area contributed by atoms with Crippen LogP contribution < -0.4 is 0 Å². The molecule has 1 aliphatic heterocycles. The fourth-order valence-corrected chi connectivity index (χ4v) is 2.65. The number of hydrogen-bond acceptors (Lipinski definition) is 4. The van der Waals surface area contributed by atoms with E-state index in [0.717, 1.165) is 26.2 Å². The summed E-state index contributed by atoms with van der Waals surface area (Å²) in [4.78, 5) is 15.5. The number of halogens is 2. The van der Waals surface area contributed by atoms with Crippen LogP contribution in [0.4, 0.5) is 4.39 Å². The van der Waals surface area contributed by atoms with E-state index in [2.05, 4.69) is 14.5 Å². The van der Waals surface area contributed by atoms with Crippen LogP contribution in [0.25, 0.3) is 0 Å². The molecular weight excluding hydrogens is 295 g/mol. The van der Waals surface area contributed by atoms with Gasteiger partial charge < -0.3 is 9.64 Å². The molecule has 21 heavy (non-hydrogen) atoms. The monoisotopic (exact) mass is 314 g/mol. The minimum Gasteiger partial charge on any atom is -0.469 e. The molecule has 0 N–H and O–H groups in total. The predicted octanol–water partition coefficient (Wildman–Crippen LogP) is 2.16. The number of rotatable bonds is 5. The fraction of sp³-hybridized carbons (Fsp3) is 0.533. The fourth-order valence-electron chi connectivity index (χ4n) is 2.43. The normalized spacial score (nSPS) is 16.9. The third kappa shape index (κ3) is 4.66. The maximum atomic E-state index is 13.8. The molecule has 0 bridgehead atoms. The van der Waals surface area contributed by atoms with Gasteiger partial charge in [-0.25, -0.2) is 4.39 Å². The van der Waals surface area contributed by atoms with E-state index < -0.39 is 0 Å². The van der Waals surface area contributed by atoms with Crippen LogP contribution in [0.15, 0.2) is 18.2 Å². The summed E-state index contributed by atoms with van der Waals surface area (Å²) in [6.45, 7) is 4.64. The summed E-state index contributed by atoms with van der Waals surface area (Å²) in [5.41, 5.74) is 0.558. The Balaban J connectivity index is 1.80. The zero-order chi connectivity index (χ0) is 15.2. The topological polar surface area (TPSA) is 32.8 Å². The van der Waals surface area contributed by atoms with Crippen molar-refractivity contribution >= 4 is 17.6 Å². The van der Waals surface area contributed by atoms with Gasteiger partial charge in [-0.05, 0) is 12.1 Å². The molecule has 1 aliphatic rings. The van der Waals surface area contributed by atoms with Gasteiger partial charge in [0.05, 0.1) is 13.5 Å². The maximum Gasteiger partial charge on any atom is 0.306 e. The van der Waals surface area contributed by atoms with Crippen LogP contribution >= 0.6 is 11.6 Å². The van der Waals surface area contributed by atoms with Crippen LogP contribution in [0, 0.1) is 5.82 Å². The number of esters is 1. The molecule has 6 heteroatoms. The van der Waals surface area contributed by atoms with Crippen LogP contribution in [-0.2, 0) is 16.1 Å². The molecule has 0 aromatic heterocycles. The lowest BCUT2D eigenvalue weighted by Crippen LogP contribution is -2.46. The standard InChI is InChI=1S/C15H20ClFN2O2/c1-21-15(20)5-6-18-7-9-19(10-8-18)11-12-13(16)3-2-4-14(12)17/h2-4H,5-11H2,1H3. The molecule has 0 aliphatic carbocycles. The highest BCUT2D eigenvalue weighted by molar-refractivity contribution is 6.31. The summed E-state index contributed by atoms with van der Waals surface area (Å²) in [6.07, 6.45) is 0.412. The zero-order valence-electron chi connectivity index (χ0n) is 12.1. The summed E-state index contributed by atoms with van der Waals surface area (Å²) in [5.74, 6) is -0.439. The molecule has 1 heterocycles. The maximum absolute atomic E-state index is 13.8. The van der Waals surface area contributed by atoms with Gasteiger partial charge in [0.2, 0.25) is 0 Å². The summed E-state index contributed by atoms with van der Waals surface area (Å²) in [5, 5.41) is 0.475. The summed E-state index contributed by atoms with van der Waals surface area (Å²) in [6, 6.07) is 4.77. The Morgan fingerprint density at radius 3 is 2.57 bits per heavy atom. The van der Waals surface area contributed by atoms with Crippen molar-refractivity contribution in [3.63, 3.8) is 0 Å². The Labute approximate surface area is 129 Å². The molecule has 0 amide bonds. The molecule has 1 aromatic rings. The predicted molar refractivity (Wildman–Crippen MR) is 79.8 cm³/mol. The highest BCUT2D eigenvalue weighted by Crippen LogP contribution is 2.21. The summed E-state index contributed by atoms with van der Waals surface area (Å²) in [7, 11) is 1.40. The van der Waals surface area contributed by atoms with Gasteiger partial charge in [-0.1, -0.05) is 17.7 Å². The Hall–Kier alpha value is -1.17. The van der Waals surface area contributed by atoms with E-state index >= 15 is 0 Å². The Kier molecular flexibility index (Phi) is 5.96. The first-order chi connectivity index (χ1) is 10.1. The molecule has 0 unspecified atom stereocenters. The number of nitrogens with zero attached hydrogens (tertiary/aromatic N) is 2. The third-order valence-corrected chi connectivity index (χ3v) is 4.12. The quantitative estimate of drug-likeness (QED) is 0.780. The lowest BCUT2D eigenvalue weighted by atomic mass is 10.2.